The minimum Gasteiger partial charge on any atom is -0.384 e. The summed E-state index contributed by atoms with van der Waals surface area (Å²) in [6.45, 7) is 0. The standard InChI is InChI=1S/C13H12N2.ClH/c14-13-8-4-7-12(15-13)10-9-11-5-2-1-3-6-11;/h1-10H,(H2,14,15);1H/b10-9+;. The van der Waals surface area contributed by atoms with Crippen molar-refractivity contribution in [2.75, 3.05) is 5.73 Å². The topological polar surface area (TPSA) is 38.9 Å². The second kappa shape index (κ2) is 5.93. The van der Waals surface area contributed by atoms with E-state index in [1.165, 1.54) is 0 Å². The van der Waals surface area contributed by atoms with Crippen LogP contribution in [-0.2, 0) is 0 Å². The van der Waals surface area contributed by atoms with Gasteiger partial charge in [-0.25, -0.2) is 4.98 Å². The van der Waals surface area contributed by atoms with E-state index in [1.807, 2.05) is 54.6 Å². The lowest BCUT2D eigenvalue weighted by Gasteiger charge is -1.95. The number of nitrogens with two attached hydrogens (primary N) is 1. The smallest absolute Gasteiger partial charge is 0.124 e. The van der Waals surface area contributed by atoms with Crippen molar-refractivity contribution in [3.63, 3.8) is 0 Å². The van der Waals surface area contributed by atoms with Crippen LogP contribution in [0.4, 0.5) is 5.82 Å². The summed E-state index contributed by atoms with van der Waals surface area (Å²) in [4.78, 5) is 4.18. The van der Waals surface area contributed by atoms with Gasteiger partial charge in [0, 0.05) is 0 Å². The lowest BCUT2D eigenvalue weighted by atomic mass is 10.2. The summed E-state index contributed by atoms with van der Waals surface area (Å²) < 4.78 is 0. The summed E-state index contributed by atoms with van der Waals surface area (Å²) in [5, 5.41) is 0. The van der Waals surface area contributed by atoms with Gasteiger partial charge in [0.2, 0.25) is 0 Å². The van der Waals surface area contributed by atoms with Crippen LogP contribution in [0, 0.1) is 0 Å². The third kappa shape index (κ3) is 3.41. The molecule has 0 aliphatic heterocycles. The van der Waals surface area contributed by atoms with E-state index < -0.39 is 0 Å². The largest absolute Gasteiger partial charge is 0.384 e. The first-order valence-corrected chi connectivity index (χ1v) is 4.80. The quantitative estimate of drug-likeness (QED) is 0.863. The fraction of sp³-hybridized carbons (Fsp3) is 0. The molecular weight excluding hydrogens is 220 g/mol. The molecule has 1 heterocycles. The molecule has 0 aliphatic rings. The Bertz CT molecular complexity index is 466. The number of pyridine rings is 1. The van der Waals surface area contributed by atoms with Gasteiger partial charge in [-0.3, -0.25) is 0 Å². The van der Waals surface area contributed by atoms with Gasteiger partial charge in [-0.1, -0.05) is 42.5 Å². The lowest BCUT2D eigenvalue weighted by molar-refractivity contribution is 1.31. The highest BCUT2D eigenvalue weighted by Gasteiger charge is 1.89. The molecule has 1 aromatic carbocycles. The van der Waals surface area contributed by atoms with E-state index in [2.05, 4.69) is 4.98 Å². The maximum absolute atomic E-state index is 5.58. The summed E-state index contributed by atoms with van der Waals surface area (Å²) in [6, 6.07) is 15.7. The van der Waals surface area contributed by atoms with Crippen LogP contribution < -0.4 is 5.73 Å². The first-order valence-electron chi connectivity index (χ1n) is 4.80. The molecule has 2 aromatic rings. The van der Waals surface area contributed by atoms with E-state index in [0.29, 0.717) is 5.82 Å². The molecule has 82 valence electrons. The van der Waals surface area contributed by atoms with Gasteiger partial charge in [-0.15, -0.1) is 12.4 Å². The van der Waals surface area contributed by atoms with Crippen LogP contribution in [0.25, 0.3) is 12.2 Å². The number of halogens is 1. The number of nitrogen functional groups attached to an aromatic ring is 1. The number of anilines is 1. The molecule has 3 heteroatoms. The molecule has 0 saturated heterocycles. The van der Waals surface area contributed by atoms with Crippen molar-refractivity contribution in [2.24, 2.45) is 0 Å². The highest BCUT2D eigenvalue weighted by atomic mass is 35.5. The van der Waals surface area contributed by atoms with Crippen LogP contribution in [-0.4, -0.2) is 4.98 Å². The molecule has 2 nitrogen and oxygen atoms in total. The molecular formula is C13H13ClN2. The molecule has 0 spiro atoms. The van der Waals surface area contributed by atoms with Crippen molar-refractivity contribution in [2.45, 2.75) is 0 Å². The molecule has 0 unspecified atom stereocenters. The Kier molecular flexibility index (Phi) is 4.55. The second-order valence-corrected chi connectivity index (χ2v) is 3.23. The van der Waals surface area contributed by atoms with E-state index >= 15 is 0 Å². The molecule has 1 aromatic heterocycles. The lowest BCUT2D eigenvalue weighted by Crippen LogP contribution is -1.90. The van der Waals surface area contributed by atoms with Crippen molar-refractivity contribution in [3.05, 3.63) is 59.8 Å². The van der Waals surface area contributed by atoms with Crippen LogP contribution in [0.2, 0.25) is 0 Å². The van der Waals surface area contributed by atoms with Crippen molar-refractivity contribution in [1.29, 1.82) is 0 Å². The minimum atomic E-state index is 0. The van der Waals surface area contributed by atoms with E-state index in [1.54, 1.807) is 6.07 Å². The normalized spacial score (nSPS) is 10.0. The summed E-state index contributed by atoms with van der Waals surface area (Å²) in [6.07, 6.45) is 3.97. The third-order valence-electron chi connectivity index (χ3n) is 2.04. The molecule has 2 rings (SSSR count). The number of hydrogen-bond acceptors (Lipinski definition) is 2. The maximum atomic E-state index is 5.58. The summed E-state index contributed by atoms with van der Waals surface area (Å²) in [7, 11) is 0. The predicted molar refractivity (Wildman–Crippen MR) is 71.3 cm³/mol. The predicted octanol–water partition coefficient (Wildman–Crippen LogP) is 3.26. The molecule has 0 radical (unpaired) electrons. The van der Waals surface area contributed by atoms with Gasteiger partial charge in [0.15, 0.2) is 0 Å². The molecule has 2 N–H and O–H groups in total. The fourth-order valence-corrected chi connectivity index (χ4v) is 1.31. The first kappa shape index (κ1) is 12.3. The van der Waals surface area contributed by atoms with Gasteiger partial charge in [0.1, 0.15) is 5.82 Å². The van der Waals surface area contributed by atoms with Crippen molar-refractivity contribution < 1.29 is 0 Å². The Morgan fingerprint density at radius 2 is 1.62 bits per heavy atom. The third-order valence-corrected chi connectivity index (χ3v) is 2.04. The SMILES string of the molecule is Cl.Nc1cccc(/C=C/c2ccccc2)n1. The van der Waals surface area contributed by atoms with Gasteiger partial charge >= 0.3 is 0 Å². The van der Waals surface area contributed by atoms with Gasteiger partial charge in [0.05, 0.1) is 5.69 Å². The Hall–Kier alpha value is -1.80. The van der Waals surface area contributed by atoms with Crippen LogP contribution in [0.5, 0.6) is 0 Å². The van der Waals surface area contributed by atoms with E-state index in [0.717, 1.165) is 11.3 Å². The fourth-order valence-electron chi connectivity index (χ4n) is 1.31. The molecule has 0 aliphatic carbocycles. The highest BCUT2D eigenvalue weighted by Crippen LogP contribution is 2.07. The maximum Gasteiger partial charge on any atom is 0.124 e. The molecule has 0 atom stereocenters. The monoisotopic (exact) mass is 232 g/mol. The van der Waals surface area contributed by atoms with Crippen LogP contribution >= 0.6 is 12.4 Å². The van der Waals surface area contributed by atoms with Crippen molar-refractivity contribution in [3.8, 4) is 0 Å². The number of nitrogens with zero attached hydrogens (tertiary/aromatic N) is 1. The summed E-state index contributed by atoms with van der Waals surface area (Å²) >= 11 is 0. The van der Waals surface area contributed by atoms with Crippen LogP contribution in [0.15, 0.2) is 48.5 Å². The zero-order valence-electron chi connectivity index (χ0n) is 8.71. The van der Waals surface area contributed by atoms with E-state index in [4.69, 9.17) is 5.73 Å². The van der Waals surface area contributed by atoms with Crippen LogP contribution in [0.1, 0.15) is 11.3 Å². The summed E-state index contributed by atoms with van der Waals surface area (Å²) in [5.41, 5.74) is 7.61. The van der Waals surface area contributed by atoms with Crippen LogP contribution in [0.3, 0.4) is 0 Å². The highest BCUT2D eigenvalue weighted by molar-refractivity contribution is 5.85. The van der Waals surface area contributed by atoms with Crippen molar-refractivity contribution in [1.82, 2.24) is 4.98 Å². The van der Waals surface area contributed by atoms with Gasteiger partial charge in [-0.2, -0.15) is 0 Å². The zero-order chi connectivity index (χ0) is 10.5. The van der Waals surface area contributed by atoms with Gasteiger partial charge in [0.25, 0.3) is 0 Å². The number of hydrogen-bond donors (Lipinski definition) is 1. The second-order valence-electron chi connectivity index (χ2n) is 3.23. The number of benzene rings is 1. The molecule has 0 saturated carbocycles. The molecule has 0 amide bonds. The Morgan fingerprint density at radius 3 is 2.31 bits per heavy atom. The van der Waals surface area contributed by atoms with E-state index in [9.17, 15) is 0 Å². The van der Waals surface area contributed by atoms with Gasteiger partial charge in [-0.05, 0) is 23.8 Å². The Morgan fingerprint density at radius 1 is 0.875 bits per heavy atom. The first-order chi connectivity index (χ1) is 7.34. The Labute approximate surface area is 101 Å². The number of aromatic nitrogens is 1. The molecule has 16 heavy (non-hydrogen) atoms. The van der Waals surface area contributed by atoms with Gasteiger partial charge < -0.3 is 5.73 Å². The summed E-state index contributed by atoms with van der Waals surface area (Å²) in [5.74, 6) is 0.546. The average Bonchev–Trinajstić information content (AvgIpc) is 2.28. The Balaban J connectivity index is 0.00000128. The molecule has 0 fully saturated rings. The zero-order valence-corrected chi connectivity index (χ0v) is 9.52. The minimum absolute atomic E-state index is 0. The average molecular weight is 233 g/mol. The van der Waals surface area contributed by atoms with Crippen molar-refractivity contribution >= 4 is 30.4 Å². The number of rotatable bonds is 2. The van der Waals surface area contributed by atoms with E-state index in [-0.39, 0.29) is 12.4 Å². The molecule has 0 bridgehead atoms.